The number of anilines is 4. The zero-order valence-electron chi connectivity index (χ0n) is 25.3. The Morgan fingerprint density at radius 3 is 2.32 bits per heavy atom. The van der Waals surface area contributed by atoms with Crippen molar-refractivity contribution in [3.05, 3.63) is 66.4 Å². The monoisotopic (exact) mass is 620 g/mol. The van der Waals surface area contributed by atoms with Crippen LogP contribution in [0.2, 0.25) is 0 Å². The zero-order valence-corrected chi connectivity index (χ0v) is 26.1. The van der Waals surface area contributed by atoms with Gasteiger partial charge in [-0.25, -0.2) is 18.2 Å². The van der Waals surface area contributed by atoms with Gasteiger partial charge in [-0.15, -0.1) is 0 Å². The van der Waals surface area contributed by atoms with Crippen LogP contribution in [0.3, 0.4) is 0 Å². The smallest absolute Gasteiger partial charge is 0.323 e. The Hall–Kier alpha value is -4.62. The maximum atomic E-state index is 13.3. The lowest BCUT2D eigenvalue weighted by molar-refractivity contribution is 0.122. The van der Waals surface area contributed by atoms with E-state index in [-0.39, 0.29) is 16.9 Å². The van der Waals surface area contributed by atoms with Gasteiger partial charge in [-0.05, 0) is 35.2 Å². The molecule has 0 atom stereocenters. The summed E-state index contributed by atoms with van der Waals surface area (Å²) < 4.78 is 43.8. The Kier molecular flexibility index (Phi) is 8.79. The van der Waals surface area contributed by atoms with Crippen LogP contribution in [-0.4, -0.2) is 64.1 Å². The van der Waals surface area contributed by atoms with Crippen LogP contribution in [0.25, 0.3) is 10.8 Å². The second-order valence-corrected chi connectivity index (χ2v) is 13.1. The minimum Gasteiger partial charge on any atom is -0.492 e. The van der Waals surface area contributed by atoms with Gasteiger partial charge in [-0.1, -0.05) is 45.0 Å². The van der Waals surface area contributed by atoms with Gasteiger partial charge in [0.1, 0.15) is 5.75 Å². The molecule has 0 spiro atoms. The summed E-state index contributed by atoms with van der Waals surface area (Å²) in [6.45, 7) is 8.62. The Morgan fingerprint density at radius 2 is 1.64 bits per heavy atom. The molecule has 12 nitrogen and oxygen atoms in total. The molecule has 3 N–H and O–H groups in total. The highest BCUT2D eigenvalue weighted by Gasteiger charge is 2.23. The van der Waals surface area contributed by atoms with Gasteiger partial charge in [-0.2, -0.15) is 4.98 Å². The molecule has 1 aliphatic heterocycles. The van der Waals surface area contributed by atoms with E-state index in [1.54, 1.807) is 36.5 Å². The fraction of sp³-hybridized carbons (Fsp3) is 0.323. The van der Waals surface area contributed by atoms with Gasteiger partial charge in [0.25, 0.3) is 0 Å². The molecule has 3 aromatic carbocycles. The quantitative estimate of drug-likeness (QED) is 0.230. The third-order valence-corrected chi connectivity index (χ3v) is 7.55. The average molecular weight is 621 g/mol. The minimum absolute atomic E-state index is 0.188. The van der Waals surface area contributed by atoms with E-state index in [9.17, 15) is 13.2 Å². The van der Waals surface area contributed by atoms with Crippen molar-refractivity contribution in [3.8, 4) is 17.4 Å². The van der Waals surface area contributed by atoms with Crippen molar-refractivity contribution >= 4 is 49.8 Å². The number of carbonyl (C=O) groups is 1. The molecule has 1 aromatic heterocycles. The van der Waals surface area contributed by atoms with Crippen molar-refractivity contribution in [2.45, 2.75) is 26.2 Å². The van der Waals surface area contributed by atoms with Gasteiger partial charge < -0.3 is 29.7 Å². The van der Waals surface area contributed by atoms with E-state index in [0.29, 0.717) is 55.3 Å². The number of sulfonamides is 1. The fourth-order valence-electron chi connectivity index (χ4n) is 4.81. The van der Waals surface area contributed by atoms with Gasteiger partial charge in [0, 0.05) is 36.1 Å². The number of amides is 2. The lowest BCUT2D eigenvalue weighted by Gasteiger charge is -2.26. The molecule has 0 bridgehead atoms. The lowest BCUT2D eigenvalue weighted by atomic mass is 9.86. The molecule has 2 amide bonds. The molecule has 1 aliphatic rings. The Morgan fingerprint density at radius 1 is 0.955 bits per heavy atom. The fourth-order valence-corrected chi connectivity index (χ4v) is 5.36. The highest BCUT2D eigenvalue weighted by molar-refractivity contribution is 7.92. The van der Waals surface area contributed by atoms with Crippen molar-refractivity contribution < 1.29 is 27.4 Å². The molecule has 1 saturated heterocycles. The molecule has 2 heterocycles. The van der Waals surface area contributed by atoms with Gasteiger partial charge in [0.2, 0.25) is 21.9 Å². The Bertz CT molecular complexity index is 1780. The number of nitrogens with zero attached hydrogens (tertiary/aromatic N) is 3. The van der Waals surface area contributed by atoms with E-state index in [2.05, 4.69) is 25.3 Å². The topological polar surface area (TPSA) is 144 Å². The maximum Gasteiger partial charge on any atom is 0.323 e. The summed E-state index contributed by atoms with van der Waals surface area (Å²) in [7, 11) is -2.20. The summed E-state index contributed by atoms with van der Waals surface area (Å²) in [6, 6.07) is 15.7. The van der Waals surface area contributed by atoms with Crippen LogP contribution < -0.4 is 29.7 Å². The van der Waals surface area contributed by atoms with Crippen LogP contribution in [0.15, 0.2) is 60.8 Å². The molecule has 44 heavy (non-hydrogen) atoms. The number of carbonyl (C=O) groups excluding carboxylic acids is 1. The van der Waals surface area contributed by atoms with E-state index in [0.717, 1.165) is 22.6 Å². The molecule has 0 saturated carbocycles. The second-order valence-electron chi connectivity index (χ2n) is 11.4. The number of fused-ring (bicyclic) bond motifs is 1. The van der Waals surface area contributed by atoms with Gasteiger partial charge in [0.15, 0.2) is 5.75 Å². The third kappa shape index (κ3) is 7.29. The highest BCUT2D eigenvalue weighted by atomic mass is 32.2. The second kappa shape index (κ2) is 12.5. The van der Waals surface area contributed by atoms with E-state index in [1.807, 2.05) is 49.9 Å². The third-order valence-electron chi connectivity index (χ3n) is 6.96. The number of methoxy groups -OCH3 is 1. The van der Waals surface area contributed by atoms with Gasteiger partial charge in [0.05, 0.1) is 43.6 Å². The van der Waals surface area contributed by atoms with Gasteiger partial charge >= 0.3 is 6.03 Å². The largest absolute Gasteiger partial charge is 0.492 e. The molecule has 4 aromatic rings. The summed E-state index contributed by atoms with van der Waals surface area (Å²) in [5, 5.41) is 7.26. The molecular formula is C31H36N6O6S. The van der Waals surface area contributed by atoms with E-state index < -0.39 is 16.1 Å². The van der Waals surface area contributed by atoms with Crippen LogP contribution in [0.1, 0.15) is 26.3 Å². The number of aromatic nitrogens is 2. The predicted molar refractivity (Wildman–Crippen MR) is 172 cm³/mol. The van der Waals surface area contributed by atoms with Crippen LogP contribution in [0.5, 0.6) is 17.4 Å². The number of ether oxygens (including phenoxy) is 3. The summed E-state index contributed by atoms with van der Waals surface area (Å²) in [6.07, 6.45) is 2.72. The minimum atomic E-state index is -3.61. The van der Waals surface area contributed by atoms with E-state index in [4.69, 9.17) is 14.2 Å². The lowest BCUT2D eigenvalue weighted by Crippen LogP contribution is -2.37. The summed E-state index contributed by atoms with van der Waals surface area (Å²) in [4.78, 5) is 24.4. The summed E-state index contributed by atoms with van der Waals surface area (Å²) in [5.41, 5.74) is 1.54. The maximum absolute atomic E-state index is 13.3. The van der Waals surface area contributed by atoms with Crippen molar-refractivity contribution in [1.82, 2.24) is 9.97 Å². The first-order chi connectivity index (χ1) is 20.9. The first kappa shape index (κ1) is 30.8. The standard InChI is InChI=1S/C31H36N6O6S/c1-31(2,3)20-18-24(28(41-4)25(19-20)36-44(5,39)40)34-30(38)33-23-10-11-26(22-9-7-6-8-21(22)23)43-27-12-13-32-29(35-27)37-14-16-42-17-15-37/h6-13,18-19,36H,14-17H2,1-5H3,(H2,33,34,38). The van der Waals surface area contributed by atoms with Gasteiger partial charge in [-0.3, -0.25) is 4.72 Å². The Labute approximate surface area is 256 Å². The van der Waals surface area contributed by atoms with Crippen molar-refractivity contribution in [2.24, 2.45) is 0 Å². The number of morpholine rings is 1. The first-order valence-corrected chi connectivity index (χ1v) is 15.9. The number of hydrogen-bond acceptors (Lipinski definition) is 9. The van der Waals surface area contributed by atoms with Crippen LogP contribution in [0, 0.1) is 0 Å². The molecule has 0 aliphatic carbocycles. The number of urea groups is 1. The molecule has 232 valence electrons. The zero-order chi connectivity index (χ0) is 31.5. The number of hydrogen-bond donors (Lipinski definition) is 3. The van der Waals surface area contributed by atoms with Crippen molar-refractivity contribution in [3.63, 3.8) is 0 Å². The first-order valence-electron chi connectivity index (χ1n) is 14.0. The molecule has 13 heteroatoms. The number of rotatable bonds is 8. The van der Waals surface area contributed by atoms with Crippen LogP contribution >= 0.6 is 0 Å². The SMILES string of the molecule is COc1c(NC(=O)Nc2ccc(Oc3ccnc(N4CCOCC4)n3)c3ccccc23)cc(C(C)(C)C)cc1NS(C)(=O)=O. The molecule has 5 rings (SSSR count). The van der Waals surface area contributed by atoms with Crippen molar-refractivity contribution in [2.75, 3.05) is 59.9 Å². The van der Waals surface area contributed by atoms with Crippen molar-refractivity contribution in [1.29, 1.82) is 0 Å². The molecular weight excluding hydrogens is 584 g/mol. The molecule has 1 fully saturated rings. The van der Waals surface area contributed by atoms with E-state index >= 15 is 0 Å². The predicted octanol–water partition coefficient (Wildman–Crippen LogP) is 5.58. The Balaban J connectivity index is 1.41. The molecule has 0 unspecified atom stereocenters. The number of benzene rings is 3. The summed E-state index contributed by atoms with van der Waals surface area (Å²) >= 11 is 0. The number of nitrogens with one attached hydrogen (secondary N) is 3. The normalized spacial score (nSPS) is 13.8. The summed E-state index contributed by atoms with van der Waals surface area (Å²) in [5.74, 6) is 1.73. The van der Waals surface area contributed by atoms with Crippen LogP contribution in [-0.2, 0) is 20.2 Å². The highest BCUT2D eigenvalue weighted by Crippen LogP contribution is 2.40. The van der Waals surface area contributed by atoms with E-state index in [1.165, 1.54) is 7.11 Å². The van der Waals surface area contributed by atoms with Crippen LogP contribution in [0.4, 0.5) is 27.8 Å². The average Bonchev–Trinajstić information content (AvgIpc) is 2.97. The molecule has 0 radical (unpaired) electrons.